The summed E-state index contributed by atoms with van der Waals surface area (Å²) < 4.78 is 13.4. The summed E-state index contributed by atoms with van der Waals surface area (Å²) in [4.78, 5) is 9.68. The number of nitrogens with zero attached hydrogens (tertiary/aromatic N) is 3. The molecule has 0 amide bonds. The highest BCUT2D eigenvalue weighted by molar-refractivity contribution is 6.45. The molecule has 0 bridgehead atoms. The molecule has 0 radical (unpaired) electrons. The molecule has 1 aromatic rings. The van der Waals surface area contributed by atoms with Crippen LogP contribution in [0.25, 0.3) is 0 Å². The van der Waals surface area contributed by atoms with Gasteiger partial charge in [-0.05, 0) is 12.5 Å². The predicted molar refractivity (Wildman–Crippen MR) is 66.4 cm³/mol. The van der Waals surface area contributed by atoms with Gasteiger partial charge < -0.3 is 5.73 Å². The standard InChI is InChI=1S/C10H9FN6O2/c1-5-2-9(17(18)19)6(11)3-7(5)15-16-8(4-12)10(13)14/h2-3,15H,1H3,(H3,13,14)/b16-8+. The molecule has 0 aliphatic rings. The fourth-order valence-corrected chi connectivity index (χ4v) is 1.19. The van der Waals surface area contributed by atoms with Crippen LogP contribution >= 0.6 is 0 Å². The number of nitro groups is 1. The Morgan fingerprint density at radius 2 is 2.32 bits per heavy atom. The molecular weight excluding hydrogens is 255 g/mol. The Hall–Kier alpha value is -3.02. The van der Waals surface area contributed by atoms with E-state index < -0.39 is 22.3 Å². The zero-order chi connectivity index (χ0) is 14.6. The number of benzene rings is 1. The lowest BCUT2D eigenvalue weighted by Crippen LogP contribution is -2.22. The van der Waals surface area contributed by atoms with Gasteiger partial charge >= 0.3 is 5.69 Å². The summed E-state index contributed by atoms with van der Waals surface area (Å²) in [6, 6.07) is 3.49. The van der Waals surface area contributed by atoms with Gasteiger partial charge in [-0.1, -0.05) is 0 Å². The van der Waals surface area contributed by atoms with E-state index in [-0.39, 0.29) is 11.4 Å². The third kappa shape index (κ3) is 3.22. The van der Waals surface area contributed by atoms with Gasteiger partial charge in [-0.3, -0.25) is 20.9 Å². The van der Waals surface area contributed by atoms with E-state index in [1.807, 2.05) is 0 Å². The Bertz CT molecular complexity index is 619. The molecule has 0 fully saturated rings. The Balaban J connectivity index is 3.11. The van der Waals surface area contributed by atoms with E-state index in [9.17, 15) is 14.5 Å². The van der Waals surface area contributed by atoms with Crippen LogP contribution in [0.1, 0.15) is 5.56 Å². The van der Waals surface area contributed by atoms with Crippen molar-refractivity contribution in [3.05, 3.63) is 33.6 Å². The van der Waals surface area contributed by atoms with Gasteiger partial charge in [-0.15, -0.1) is 0 Å². The maximum atomic E-state index is 13.4. The maximum Gasteiger partial charge on any atom is 0.305 e. The number of hydrogen-bond acceptors (Lipinski definition) is 6. The van der Waals surface area contributed by atoms with Crippen LogP contribution in [-0.4, -0.2) is 16.5 Å². The van der Waals surface area contributed by atoms with E-state index in [0.29, 0.717) is 5.56 Å². The van der Waals surface area contributed by atoms with Crippen molar-refractivity contribution < 1.29 is 9.31 Å². The minimum absolute atomic E-state index is 0.136. The molecule has 0 aliphatic carbocycles. The normalized spacial score (nSPS) is 10.7. The van der Waals surface area contributed by atoms with Gasteiger partial charge in [0.1, 0.15) is 6.07 Å². The third-order valence-electron chi connectivity index (χ3n) is 2.14. The van der Waals surface area contributed by atoms with E-state index in [0.717, 1.165) is 12.1 Å². The number of hydrazone groups is 1. The van der Waals surface area contributed by atoms with Gasteiger partial charge in [0.2, 0.25) is 11.5 Å². The zero-order valence-corrected chi connectivity index (χ0v) is 9.77. The van der Waals surface area contributed by atoms with Gasteiger partial charge in [0, 0.05) is 12.1 Å². The number of anilines is 1. The Morgan fingerprint density at radius 3 is 2.79 bits per heavy atom. The first-order valence-corrected chi connectivity index (χ1v) is 4.89. The number of nitro benzene ring substituents is 1. The van der Waals surface area contributed by atoms with Gasteiger partial charge in [-0.25, -0.2) is 0 Å². The number of rotatable bonds is 4. The smallest absolute Gasteiger partial charge is 0.305 e. The summed E-state index contributed by atoms with van der Waals surface area (Å²) in [5, 5.41) is 29.7. The lowest BCUT2D eigenvalue weighted by Gasteiger charge is -2.05. The highest BCUT2D eigenvalue weighted by Gasteiger charge is 2.16. The van der Waals surface area contributed by atoms with E-state index in [1.54, 1.807) is 6.07 Å². The first kappa shape index (κ1) is 14.0. The van der Waals surface area contributed by atoms with Crippen molar-refractivity contribution in [2.24, 2.45) is 10.8 Å². The largest absolute Gasteiger partial charge is 0.382 e. The average molecular weight is 264 g/mol. The van der Waals surface area contributed by atoms with E-state index in [1.165, 1.54) is 6.92 Å². The number of nitrogens with two attached hydrogens (primary N) is 1. The second kappa shape index (κ2) is 5.54. The van der Waals surface area contributed by atoms with Crippen LogP contribution in [-0.2, 0) is 0 Å². The minimum atomic E-state index is -1.03. The van der Waals surface area contributed by atoms with E-state index >= 15 is 0 Å². The Labute approximate surface area is 107 Å². The zero-order valence-electron chi connectivity index (χ0n) is 9.77. The molecule has 1 aromatic carbocycles. The molecule has 19 heavy (non-hydrogen) atoms. The molecule has 8 nitrogen and oxygen atoms in total. The molecule has 98 valence electrons. The molecule has 9 heteroatoms. The molecular formula is C10H9FN6O2. The first-order valence-electron chi connectivity index (χ1n) is 4.89. The van der Waals surface area contributed by atoms with Crippen molar-refractivity contribution in [1.29, 1.82) is 10.7 Å². The van der Waals surface area contributed by atoms with Crippen LogP contribution in [0.4, 0.5) is 15.8 Å². The molecule has 0 atom stereocenters. The van der Waals surface area contributed by atoms with Crippen molar-refractivity contribution in [2.75, 3.05) is 5.43 Å². The van der Waals surface area contributed by atoms with Gasteiger partial charge in [-0.2, -0.15) is 14.8 Å². The molecule has 4 N–H and O–H groups in total. The van der Waals surface area contributed by atoms with Gasteiger partial charge in [0.25, 0.3) is 0 Å². The summed E-state index contributed by atoms with van der Waals surface area (Å²) in [6.07, 6.45) is 0. The van der Waals surface area contributed by atoms with Crippen molar-refractivity contribution in [2.45, 2.75) is 6.92 Å². The van der Waals surface area contributed by atoms with Crippen LogP contribution in [0.5, 0.6) is 0 Å². The highest BCUT2D eigenvalue weighted by atomic mass is 19.1. The van der Waals surface area contributed by atoms with Crippen molar-refractivity contribution in [3.63, 3.8) is 0 Å². The van der Waals surface area contributed by atoms with Gasteiger partial charge in [0.15, 0.2) is 5.84 Å². The molecule has 1 rings (SSSR count). The van der Waals surface area contributed by atoms with Crippen molar-refractivity contribution in [1.82, 2.24) is 0 Å². The second-order valence-electron chi connectivity index (χ2n) is 3.47. The molecule has 0 heterocycles. The van der Waals surface area contributed by atoms with Crippen LogP contribution in [0, 0.1) is 39.6 Å². The Morgan fingerprint density at radius 1 is 1.68 bits per heavy atom. The van der Waals surface area contributed by atoms with E-state index in [4.69, 9.17) is 16.4 Å². The van der Waals surface area contributed by atoms with Gasteiger partial charge in [0.05, 0.1) is 10.6 Å². The lowest BCUT2D eigenvalue weighted by atomic mass is 10.2. The summed E-state index contributed by atoms with van der Waals surface area (Å²) in [5.74, 6) is -1.58. The van der Waals surface area contributed by atoms with Crippen molar-refractivity contribution in [3.8, 4) is 6.07 Å². The van der Waals surface area contributed by atoms with Crippen LogP contribution < -0.4 is 11.2 Å². The number of amidine groups is 1. The summed E-state index contributed by atoms with van der Waals surface area (Å²) in [5.41, 5.74) is 6.87. The number of hydrogen-bond donors (Lipinski definition) is 3. The summed E-state index contributed by atoms with van der Waals surface area (Å²) in [7, 11) is 0. The monoisotopic (exact) mass is 264 g/mol. The minimum Gasteiger partial charge on any atom is -0.382 e. The molecule has 0 saturated heterocycles. The Kier molecular flexibility index (Phi) is 4.10. The number of nitriles is 1. The number of nitrogens with one attached hydrogen (secondary N) is 2. The third-order valence-corrected chi connectivity index (χ3v) is 2.14. The quantitative estimate of drug-likeness (QED) is 0.325. The first-order chi connectivity index (χ1) is 8.86. The van der Waals surface area contributed by atoms with Crippen LogP contribution in [0.2, 0.25) is 0 Å². The van der Waals surface area contributed by atoms with Crippen LogP contribution in [0.15, 0.2) is 17.2 Å². The highest BCUT2D eigenvalue weighted by Crippen LogP contribution is 2.25. The topological polar surface area (TPSA) is 141 Å². The maximum absolute atomic E-state index is 13.4. The summed E-state index contributed by atoms with van der Waals surface area (Å²) in [6.45, 7) is 1.50. The fourth-order valence-electron chi connectivity index (χ4n) is 1.19. The number of aryl methyl sites for hydroxylation is 1. The van der Waals surface area contributed by atoms with Crippen LogP contribution in [0.3, 0.4) is 0 Å². The molecule has 0 unspecified atom stereocenters. The lowest BCUT2D eigenvalue weighted by molar-refractivity contribution is -0.387. The van der Waals surface area contributed by atoms with E-state index in [2.05, 4.69) is 10.5 Å². The number of halogens is 1. The SMILES string of the molecule is Cc1cc([N+](=O)[O-])c(F)cc1N/N=C(\C#N)C(=N)N. The van der Waals surface area contributed by atoms with Crippen molar-refractivity contribution >= 4 is 22.9 Å². The average Bonchev–Trinajstić information content (AvgIpc) is 2.32. The molecule has 0 aromatic heterocycles. The fraction of sp³-hybridized carbons (Fsp3) is 0.100. The molecule has 0 spiro atoms. The predicted octanol–water partition coefficient (Wildman–Crippen LogP) is 1.27. The second-order valence-corrected chi connectivity index (χ2v) is 3.47. The molecule has 0 aliphatic heterocycles. The summed E-state index contributed by atoms with van der Waals surface area (Å²) >= 11 is 0. The molecule has 0 saturated carbocycles.